The molecule has 4 aromatic rings. The summed E-state index contributed by atoms with van der Waals surface area (Å²) in [5.41, 5.74) is 4.39. The summed E-state index contributed by atoms with van der Waals surface area (Å²) in [5, 5.41) is 4.70. The normalized spacial score (nSPS) is 10.7. The Balaban J connectivity index is 1.64. The van der Waals surface area contributed by atoms with Gasteiger partial charge < -0.3 is 29.4 Å². The van der Waals surface area contributed by atoms with Crippen LogP contribution in [0.15, 0.2) is 71.5 Å². The molecule has 3 aromatic carbocycles. The summed E-state index contributed by atoms with van der Waals surface area (Å²) in [4.78, 5) is 18.1. The molecule has 0 radical (unpaired) electrons. The first-order chi connectivity index (χ1) is 18.4. The Bertz CT molecular complexity index is 1480. The molecular formula is C30H33N3O4S. The van der Waals surface area contributed by atoms with Gasteiger partial charge in [0.1, 0.15) is 17.2 Å². The van der Waals surface area contributed by atoms with Gasteiger partial charge in [0.05, 0.1) is 33.1 Å². The van der Waals surface area contributed by atoms with E-state index < -0.39 is 0 Å². The molecule has 4 rings (SSSR count). The lowest BCUT2D eigenvalue weighted by molar-refractivity contribution is 0.340. The van der Waals surface area contributed by atoms with Crippen LogP contribution in [0.1, 0.15) is 23.6 Å². The van der Waals surface area contributed by atoms with Gasteiger partial charge in [-0.2, -0.15) is 0 Å². The molecule has 0 aliphatic heterocycles. The highest BCUT2D eigenvalue weighted by molar-refractivity contribution is 7.80. The molecule has 0 bridgehead atoms. The summed E-state index contributed by atoms with van der Waals surface area (Å²) < 4.78 is 16.5. The highest BCUT2D eigenvalue weighted by Crippen LogP contribution is 2.29. The molecule has 8 heteroatoms. The van der Waals surface area contributed by atoms with Crippen molar-refractivity contribution in [1.29, 1.82) is 0 Å². The lowest BCUT2D eigenvalue weighted by Gasteiger charge is -2.27. The van der Waals surface area contributed by atoms with E-state index in [0.29, 0.717) is 47.6 Å². The van der Waals surface area contributed by atoms with Gasteiger partial charge in [0.15, 0.2) is 5.11 Å². The summed E-state index contributed by atoms with van der Waals surface area (Å²) in [6, 6.07) is 21.4. The molecule has 0 amide bonds. The van der Waals surface area contributed by atoms with Crippen LogP contribution in [0.3, 0.4) is 0 Å². The number of hydrogen-bond acceptors (Lipinski definition) is 5. The maximum Gasteiger partial charge on any atom is 0.253 e. The molecule has 1 aromatic heterocycles. The van der Waals surface area contributed by atoms with E-state index in [9.17, 15) is 4.79 Å². The van der Waals surface area contributed by atoms with Crippen LogP contribution in [0, 0.1) is 6.92 Å². The highest BCUT2D eigenvalue weighted by Gasteiger charge is 2.16. The number of aryl methyl sites for hydroxylation is 1. The molecule has 7 nitrogen and oxygen atoms in total. The van der Waals surface area contributed by atoms with Gasteiger partial charge >= 0.3 is 0 Å². The number of anilines is 1. The van der Waals surface area contributed by atoms with Crippen LogP contribution in [0.2, 0.25) is 0 Å². The van der Waals surface area contributed by atoms with Crippen LogP contribution in [-0.4, -0.2) is 42.4 Å². The van der Waals surface area contributed by atoms with Crippen molar-refractivity contribution in [2.75, 3.05) is 32.7 Å². The molecule has 0 spiro atoms. The first-order valence-electron chi connectivity index (χ1n) is 12.5. The third kappa shape index (κ3) is 6.44. The maximum absolute atomic E-state index is 13.0. The fraction of sp³-hybridized carbons (Fsp3) is 0.267. The number of pyridine rings is 1. The maximum atomic E-state index is 13.0. The number of methoxy groups -OCH3 is 2. The third-order valence-electron chi connectivity index (χ3n) is 6.41. The topological polar surface area (TPSA) is 75.8 Å². The zero-order chi connectivity index (χ0) is 27.1. The van der Waals surface area contributed by atoms with Gasteiger partial charge in [0.25, 0.3) is 5.56 Å². The van der Waals surface area contributed by atoms with Gasteiger partial charge in [0, 0.05) is 29.1 Å². The Morgan fingerprint density at radius 2 is 1.76 bits per heavy atom. The average Bonchev–Trinajstić information content (AvgIpc) is 2.92. The second kappa shape index (κ2) is 12.5. The Hall–Kier alpha value is -4.04. The van der Waals surface area contributed by atoms with Crippen LogP contribution in [0.5, 0.6) is 17.2 Å². The first kappa shape index (κ1) is 27.0. The number of thiocarbonyl (C=S) groups is 1. The number of rotatable bonds is 10. The molecular weight excluding hydrogens is 498 g/mol. The summed E-state index contributed by atoms with van der Waals surface area (Å²) in [6.45, 7) is 5.57. The highest BCUT2D eigenvalue weighted by atomic mass is 32.1. The number of nitrogens with one attached hydrogen (secondary N) is 2. The van der Waals surface area contributed by atoms with Crippen molar-refractivity contribution in [2.24, 2.45) is 0 Å². The van der Waals surface area contributed by atoms with E-state index in [1.54, 1.807) is 20.3 Å². The van der Waals surface area contributed by atoms with Crippen LogP contribution in [0.25, 0.3) is 10.9 Å². The Morgan fingerprint density at radius 1 is 0.974 bits per heavy atom. The number of aromatic nitrogens is 1. The summed E-state index contributed by atoms with van der Waals surface area (Å²) in [7, 11) is 3.21. The average molecular weight is 532 g/mol. The van der Waals surface area contributed by atoms with Crippen molar-refractivity contribution >= 4 is 33.9 Å². The van der Waals surface area contributed by atoms with E-state index >= 15 is 0 Å². The van der Waals surface area contributed by atoms with Gasteiger partial charge in [-0.05, 0) is 80.0 Å². The van der Waals surface area contributed by atoms with Crippen LogP contribution >= 0.6 is 12.2 Å². The standard InChI is InChI=1S/C30H33N3O4S/c1-5-37-25-11-12-26-22(17-25)16-23(29(34)31-26)19-33(15-14-21-9-7-6-8-20(21)2)30(38)32-27-13-10-24(35-3)18-28(27)36-4/h6-13,16-18H,5,14-15,19H2,1-4H3,(H,31,34)(H,32,38). The lowest BCUT2D eigenvalue weighted by Crippen LogP contribution is -2.37. The summed E-state index contributed by atoms with van der Waals surface area (Å²) in [5.74, 6) is 2.06. The molecule has 0 unspecified atom stereocenters. The number of fused-ring (bicyclic) bond motifs is 1. The molecule has 0 saturated heterocycles. The van der Waals surface area contributed by atoms with Gasteiger partial charge in [-0.15, -0.1) is 0 Å². The predicted octanol–water partition coefficient (Wildman–Crippen LogP) is 5.69. The molecule has 1 heterocycles. The minimum Gasteiger partial charge on any atom is -0.497 e. The number of hydrogen-bond donors (Lipinski definition) is 2. The molecule has 38 heavy (non-hydrogen) atoms. The molecule has 198 valence electrons. The smallest absolute Gasteiger partial charge is 0.253 e. The van der Waals surface area contributed by atoms with E-state index in [-0.39, 0.29) is 5.56 Å². The fourth-order valence-electron chi connectivity index (χ4n) is 4.30. The number of nitrogens with zero attached hydrogens (tertiary/aromatic N) is 1. The predicted molar refractivity (Wildman–Crippen MR) is 157 cm³/mol. The molecule has 0 aliphatic rings. The zero-order valence-electron chi connectivity index (χ0n) is 22.2. The van der Waals surface area contributed by atoms with Gasteiger partial charge in [-0.25, -0.2) is 0 Å². The zero-order valence-corrected chi connectivity index (χ0v) is 23.0. The molecule has 2 N–H and O–H groups in total. The quantitative estimate of drug-likeness (QED) is 0.255. The van der Waals surface area contributed by atoms with Crippen LogP contribution in [-0.2, 0) is 13.0 Å². The molecule has 0 aliphatic carbocycles. The second-order valence-corrected chi connectivity index (χ2v) is 9.29. The minimum absolute atomic E-state index is 0.146. The lowest BCUT2D eigenvalue weighted by atomic mass is 10.1. The number of aromatic amines is 1. The summed E-state index contributed by atoms with van der Waals surface area (Å²) in [6.07, 6.45) is 0.772. The summed E-state index contributed by atoms with van der Waals surface area (Å²) >= 11 is 5.86. The molecule has 0 saturated carbocycles. The van der Waals surface area contributed by atoms with Gasteiger partial charge in [-0.3, -0.25) is 4.79 Å². The SMILES string of the molecule is CCOc1ccc2[nH]c(=O)c(CN(CCc3ccccc3C)C(=S)Nc3ccc(OC)cc3OC)cc2c1. The largest absolute Gasteiger partial charge is 0.497 e. The van der Waals surface area contributed by atoms with Crippen molar-refractivity contribution in [3.05, 3.63) is 93.8 Å². The van der Waals surface area contributed by atoms with E-state index in [0.717, 1.165) is 23.1 Å². The number of ether oxygens (including phenoxy) is 3. The van der Waals surface area contributed by atoms with E-state index in [1.807, 2.05) is 60.4 Å². The third-order valence-corrected chi connectivity index (χ3v) is 6.77. The molecule has 0 fully saturated rings. The minimum atomic E-state index is -0.146. The van der Waals surface area contributed by atoms with Crippen LogP contribution < -0.4 is 25.1 Å². The Labute approximate surface area is 228 Å². The number of H-pyrrole nitrogens is 1. The van der Waals surface area contributed by atoms with Crippen molar-refractivity contribution < 1.29 is 14.2 Å². The van der Waals surface area contributed by atoms with Crippen molar-refractivity contribution in [3.8, 4) is 17.2 Å². The first-order valence-corrected chi connectivity index (χ1v) is 12.9. The Morgan fingerprint density at radius 3 is 2.50 bits per heavy atom. The van der Waals surface area contributed by atoms with Gasteiger partial charge in [-0.1, -0.05) is 24.3 Å². The fourth-order valence-corrected chi connectivity index (χ4v) is 4.57. The van der Waals surface area contributed by atoms with Crippen LogP contribution in [0.4, 0.5) is 5.69 Å². The van der Waals surface area contributed by atoms with Crippen molar-refractivity contribution in [1.82, 2.24) is 9.88 Å². The van der Waals surface area contributed by atoms with E-state index in [1.165, 1.54) is 11.1 Å². The second-order valence-electron chi connectivity index (χ2n) is 8.90. The van der Waals surface area contributed by atoms with E-state index in [2.05, 4.69) is 29.4 Å². The van der Waals surface area contributed by atoms with Crippen molar-refractivity contribution in [3.63, 3.8) is 0 Å². The monoisotopic (exact) mass is 531 g/mol. The van der Waals surface area contributed by atoms with Crippen molar-refractivity contribution in [2.45, 2.75) is 26.8 Å². The number of benzene rings is 3. The molecule has 0 atom stereocenters. The van der Waals surface area contributed by atoms with E-state index in [4.69, 9.17) is 26.4 Å². The van der Waals surface area contributed by atoms with Gasteiger partial charge in [0.2, 0.25) is 0 Å². The Kier molecular flexibility index (Phi) is 8.86.